The highest BCUT2D eigenvalue weighted by molar-refractivity contribution is 5.81. The van der Waals surface area contributed by atoms with Gasteiger partial charge in [0.05, 0.1) is 30.0 Å². The zero-order chi connectivity index (χ0) is 21.7. The van der Waals surface area contributed by atoms with E-state index in [9.17, 15) is 9.59 Å². The van der Waals surface area contributed by atoms with Crippen molar-refractivity contribution in [3.8, 4) is 11.5 Å². The van der Waals surface area contributed by atoms with Crippen LogP contribution in [0, 0.1) is 11.3 Å². The van der Waals surface area contributed by atoms with Crippen LogP contribution in [0.4, 0.5) is 0 Å². The summed E-state index contributed by atoms with van der Waals surface area (Å²) >= 11 is 0. The third-order valence-corrected chi connectivity index (χ3v) is 5.30. The van der Waals surface area contributed by atoms with Gasteiger partial charge in [-0.25, -0.2) is 4.98 Å². The Bertz CT molecular complexity index is 942. The van der Waals surface area contributed by atoms with E-state index in [1.165, 1.54) is 23.7 Å². The Morgan fingerprint density at radius 1 is 1.23 bits per heavy atom. The van der Waals surface area contributed by atoms with Gasteiger partial charge in [-0.15, -0.1) is 0 Å². The predicted molar refractivity (Wildman–Crippen MR) is 114 cm³/mol. The van der Waals surface area contributed by atoms with E-state index in [0.29, 0.717) is 34.9 Å². The average molecular weight is 418 g/mol. The second-order valence-electron chi connectivity index (χ2n) is 8.68. The van der Waals surface area contributed by atoms with Crippen LogP contribution in [-0.4, -0.2) is 42.3 Å². The molecule has 3 rings (SSSR count). The largest absolute Gasteiger partial charge is 0.493 e. The van der Waals surface area contributed by atoms with Gasteiger partial charge in [0.2, 0.25) is 0 Å². The van der Waals surface area contributed by atoms with Crippen molar-refractivity contribution in [1.82, 2.24) is 14.9 Å². The predicted octanol–water partition coefficient (Wildman–Crippen LogP) is 2.72. The van der Waals surface area contributed by atoms with Crippen LogP contribution in [0.5, 0.6) is 11.5 Å². The molecule has 1 aliphatic heterocycles. The topological polar surface area (TPSA) is 91.7 Å². The van der Waals surface area contributed by atoms with E-state index in [2.05, 4.69) is 10.3 Å². The fourth-order valence-electron chi connectivity index (χ4n) is 3.38. The maximum Gasteiger partial charge on any atom is 0.312 e. The Labute approximate surface area is 176 Å². The van der Waals surface area contributed by atoms with Crippen LogP contribution in [0.25, 0.3) is 10.9 Å². The third-order valence-electron chi connectivity index (χ3n) is 5.30. The fourth-order valence-corrected chi connectivity index (χ4v) is 3.38. The number of carbonyl (C=O) groups excluding carboxylic acids is 1. The van der Waals surface area contributed by atoms with E-state index >= 15 is 0 Å². The molecule has 1 aromatic heterocycles. The molecule has 164 valence electrons. The average Bonchev–Trinajstić information content (AvgIpc) is 2.73. The van der Waals surface area contributed by atoms with Crippen molar-refractivity contribution in [1.29, 1.82) is 0 Å². The van der Waals surface area contributed by atoms with Crippen molar-refractivity contribution in [2.45, 2.75) is 46.8 Å². The second-order valence-corrected chi connectivity index (χ2v) is 8.68. The molecule has 2 heterocycles. The van der Waals surface area contributed by atoms with Crippen molar-refractivity contribution in [2.24, 2.45) is 11.3 Å². The van der Waals surface area contributed by atoms with Crippen molar-refractivity contribution in [3.05, 3.63) is 28.8 Å². The third kappa shape index (κ3) is 5.30. The van der Waals surface area contributed by atoms with Crippen LogP contribution >= 0.6 is 0 Å². The monoisotopic (exact) mass is 417 g/mol. The first-order valence-corrected chi connectivity index (χ1v) is 10.4. The molecule has 0 atom stereocenters. The minimum atomic E-state index is -0.641. The SMILES string of the molecule is COc1cc2c(=O)n(COC(=O)C(C)(C)C)cnc2cc1OCCC1CCNCC1. The molecule has 0 bridgehead atoms. The van der Waals surface area contributed by atoms with Gasteiger partial charge >= 0.3 is 5.97 Å². The Balaban J connectivity index is 1.74. The Hall–Kier alpha value is -2.61. The maximum atomic E-state index is 12.8. The summed E-state index contributed by atoms with van der Waals surface area (Å²) in [6.07, 6.45) is 4.70. The Morgan fingerprint density at radius 3 is 2.63 bits per heavy atom. The summed E-state index contributed by atoms with van der Waals surface area (Å²) in [4.78, 5) is 29.1. The van der Waals surface area contributed by atoms with E-state index in [-0.39, 0.29) is 18.3 Å². The molecule has 1 N–H and O–H groups in total. The molecule has 2 aromatic rings. The first kappa shape index (κ1) is 22.1. The van der Waals surface area contributed by atoms with Gasteiger partial charge in [0.1, 0.15) is 6.33 Å². The summed E-state index contributed by atoms with van der Waals surface area (Å²) in [5.41, 5.74) is -0.436. The van der Waals surface area contributed by atoms with Gasteiger partial charge in [-0.3, -0.25) is 14.2 Å². The molecule has 30 heavy (non-hydrogen) atoms. The lowest BCUT2D eigenvalue weighted by Crippen LogP contribution is -2.28. The number of benzene rings is 1. The molecule has 0 saturated carbocycles. The van der Waals surface area contributed by atoms with Crippen LogP contribution in [-0.2, 0) is 16.3 Å². The number of carbonyl (C=O) groups is 1. The summed E-state index contributed by atoms with van der Waals surface area (Å²) < 4.78 is 17.9. The molecule has 0 spiro atoms. The number of methoxy groups -OCH3 is 1. The molecule has 8 heteroatoms. The van der Waals surface area contributed by atoms with Gasteiger partial charge < -0.3 is 19.5 Å². The first-order valence-electron chi connectivity index (χ1n) is 10.4. The maximum absolute atomic E-state index is 12.8. The first-order chi connectivity index (χ1) is 14.3. The van der Waals surface area contributed by atoms with Crippen molar-refractivity contribution < 1.29 is 19.0 Å². The number of piperidine rings is 1. The molecule has 1 aromatic carbocycles. The number of fused-ring (bicyclic) bond motifs is 1. The van der Waals surface area contributed by atoms with Gasteiger partial charge in [-0.2, -0.15) is 0 Å². The normalized spacial score (nSPS) is 15.2. The van der Waals surface area contributed by atoms with Gasteiger partial charge in [0, 0.05) is 6.07 Å². The van der Waals surface area contributed by atoms with Crippen molar-refractivity contribution in [2.75, 3.05) is 26.8 Å². The zero-order valence-electron chi connectivity index (χ0n) is 18.2. The number of aromatic nitrogens is 2. The number of nitrogens with one attached hydrogen (secondary N) is 1. The molecule has 0 radical (unpaired) electrons. The van der Waals surface area contributed by atoms with E-state index in [1.54, 1.807) is 40.0 Å². The van der Waals surface area contributed by atoms with E-state index in [0.717, 1.165) is 19.5 Å². The molecule has 1 fully saturated rings. The minimum Gasteiger partial charge on any atom is -0.493 e. The fraction of sp³-hybridized carbons (Fsp3) is 0.591. The number of hydrogen-bond donors (Lipinski definition) is 1. The lowest BCUT2D eigenvalue weighted by Gasteiger charge is -2.22. The van der Waals surface area contributed by atoms with E-state index in [4.69, 9.17) is 14.2 Å². The molecule has 8 nitrogen and oxygen atoms in total. The number of rotatable bonds is 7. The smallest absolute Gasteiger partial charge is 0.312 e. The van der Waals surface area contributed by atoms with Crippen LogP contribution in [0.15, 0.2) is 23.3 Å². The number of nitrogens with zero attached hydrogens (tertiary/aromatic N) is 2. The van der Waals surface area contributed by atoms with Crippen LogP contribution in [0.1, 0.15) is 40.0 Å². The highest BCUT2D eigenvalue weighted by atomic mass is 16.5. The van der Waals surface area contributed by atoms with Crippen molar-refractivity contribution >= 4 is 16.9 Å². The van der Waals surface area contributed by atoms with Crippen molar-refractivity contribution in [3.63, 3.8) is 0 Å². The standard InChI is InChI=1S/C22H31N3O5/c1-22(2,3)21(27)30-14-25-13-24-17-12-19(18(28-4)11-16(17)20(25)26)29-10-7-15-5-8-23-9-6-15/h11-13,15,23H,5-10,14H2,1-4H3. The Kier molecular flexibility index (Phi) is 6.97. The summed E-state index contributed by atoms with van der Waals surface area (Å²) in [6, 6.07) is 3.36. The summed E-state index contributed by atoms with van der Waals surface area (Å²) in [5, 5.41) is 3.75. The highest BCUT2D eigenvalue weighted by Crippen LogP contribution is 2.31. The quantitative estimate of drug-likeness (QED) is 0.693. The lowest BCUT2D eigenvalue weighted by molar-refractivity contribution is -0.157. The summed E-state index contributed by atoms with van der Waals surface area (Å²) in [7, 11) is 1.54. The summed E-state index contributed by atoms with van der Waals surface area (Å²) in [6.45, 7) is 7.80. The number of esters is 1. The summed E-state index contributed by atoms with van der Waals surface area (Å²) in [5.74, 6) is 1.34. The molecule has 0 aliphatic carbocycles. The second kappa shape index (κ2) is 9.47. The minimum absolute atomic E-state index is 0.186. The lowest BCUT2D eigenvalue weighted by atomic mass is 9.95. The number of hydrogen-bond acceptors (Lipinski definition) is 7. The van der Waals surface area contributed by atoms with E-state index < -0.39 is 5.41 Å². The van der Waals surface area contributed by atoms with Crippen LogP contribution < -0.4 is 20.3 Å². The van der Waals surface area contributed by atoms with Crippen LogP contribution in [0.3, 0.4) is 0 Å². The van der Waals surface area contributed by atoms with Gasteiger partial charge in [0.15, 0.2) is 18.2 Å². The highest BCUT2D eigenvalue weighted by Gasteiger charge is 2.23. The molecule has 1 saturated heterocycles. The van der Waals surface area contributed by atoms with E-state index in [1.807, 2.05) is 0 Å². The Morgan fingerprint density at radius 2 is 1.97 bits per heavy atom. The molecule has 0 amide bonds. The molecule has 1 aliphatic rings. The van der Waals surface area contributed by atoms with Gasteiger partial charge in [-0.1, -0.05) is 0 Å². The van der Waals surface area contributed by atoms with Gasteiger partial charge in [-0.05, 0) is 65.1 Å². The molecular weight excluding hydrogens is 386 g/mol. The molecular formula is C22H31N3O5. The van der Waals surface area contributed by atoms with Crippen LogP contribution in [0.2, 0.25) is 0 Å². The molecule has 0 unspecified atom stereocenters. The number of ether oxygens (including phenoxy) is 3. The zero-order valence-corrected chi connectivity index (χ0v) is 18.2. The van der Waals surface area contributed by atoms with Gasteiger partial charge in [0.25, 0.3) is 5.56 Å².